The van der Waals surface area contributed by atoms with E-state index in [1.165, 1.54) is 12.8 Å². The molecule has 0 spiro atoms. The molecule has 0 unspecified atom stereocenters. The zero-order valence-corrected chi connectivity index (χ0v) is 9.67. The van der Waals surface area contributed by atoms with E-state index >= 15 is 0 Å². The quantitative estimate of drug-likeness (QED) is 0.804. The molecule has 0 atom stereocenters. The minimum absolute atomic E-state index is 0.236. The normalized spacial score (nSPS) is 17.6. The number of halogens is 1. The Morgan fingerprint density at radius 3 is 3.06 bits per heavy atom. The predicted molar refractivity (Wildman–Crippen MR) is 62.5 cm³/mol. The van der Waals surface area contributed by atoms with Crippen LogP contribution in [0, 0.1) is 5.41 Å². The number of nitrogens with one attached hydrogen (secondary N) is 2. The lowest BCUT2D eigenvalue weighted by Crippen LogP contribution is -2.13. The number of rotatable bonds is 3. The summed E-state index contributed by atoms with van der Waals surface area (Å²) in [5.41, 5.74) is 1.09. The largest absolute Gasteiger partial charge is 0.369 e. The Morgan fingerprint density at radius 2 is 2.31 bits per heavy atom. The molecule has 0 aromatic carbocycles. The summed E-state index contributed by atoms with van der Waals surface area (Å²) in [5, 5.41) is 11.2. The third-order valence-electron chi connectivity index (χ3n) is 3.07. The van der Waals surface area contributed by atoms with E-state index in [4.69, 9.17) is 11.6 Å². The monoisotopic (exact) mass is 237 g/mol. The number of hydrogen-bond acceptors (Lipinski definition) is 4. The van der Waals surface area contributed by atoms with Crippen LogP contribution < -0.4 is 5.32 Å². The molecule has 2 N–H and O–H groups in total. The van der Waals surface area contributed by atoms with Crippen molar-refractivity contribution in [2.24, 2.45) is 5.41 Å². The fraction of sp³-hybridized carbons (Fsp3) is 0.500. The first-order valence-corrected chi connectivity index (χ1v) is 5.65. The molecule has 2 aromatic heterocycles. The van der Waals surface area contributed by atoms with Crippen LogP contribution in [0.15, 0.2) is 6.20 Å². The van der Waals surface area contributed by atoms with Crippen molar-refractivity contribution in [1.82, 2.24) is 20.2 Å². The molecule has 3 rings (SSSR count). The summed E-state index contributed by atoms with van der Waals surface area (Å²) in [5.74, 6) is 0.761. The molecule has 1 aliphatic carbocycles. The lowest BCUT2D eigenvalue weighted by atomic mass is 10.1. The van der Waals surface area contributed by atoms with Crippen LogP contribution in [0.25, 0.3) is 11.0 Å². The van der Waals surface area contributed by atoms with Gasteiger partial charge in [0, 0.05) is 6.54 Å². The van der Waals surface area contributed by atoms with Gasteiger partial charge in [-0.05, 0) is 29.9 Å². The average Bonchev–Trinajstić information content (AvgIpc) is 2.79. The predicted octanol–water partition coefficient (Wildman–Crippen LogP) is 2.22. The summed E-state index contributed by atoms with van der Waals surface area (Å²) < 4.78 is 0. The molecule has 84 valence electrons. The van der Waals surface area contributed by atoms with Crippen LogP contribution in [-0.2, 0) is 0 Å². The van der Waals surface area contributed by atoms with Gasteiger partial charge in [0.2, 0.25) is 5.28 Å². The first-order valence-electron chi connectivity index (χ1n) is 5.27. The second-order valence-corrected chi connectivity index (χ2v) is 4.98. The number of anilines is 1. The standard InChI is InChI=1S/C10H12ClN5/c1-10(2-3-10)5-12-7-6-4-13-16-8(6)15-9(11)14-7/h4H,2-3,5H2,1H3,(H2,12,13,14,15,16). The molecule has 2 aromatic rings. The highest BCUT2D eigenvalue weighted by atomic mass is 35.5. The van der Waals surface area contributed by atoms with Gasteiger partial charge < -0.3 is 5.32 Å². The fourth-order valence-electron chi connectivity index (χ4n) is 1.63. The van der Waals surface area contributed by atoms with Crippen LogP contribution in [0.5, 0.6) is 0 Å². The van der Waals surface area contributed by atoms with Crippen LogP contribution in [0.1, 0.15) is 19.8 Å². The van der Waals surface area contributed by atoms with Crippen molar-refractivity contribution in [2.75, 3.05) is 11.9 Å². The third kappa shape index (κ3) is 1.71. The molecule has 0 radical (unpaired) electrons. The number of nitrogens with zero attached hydrogens (tertiary/aromatic N) is 3. The minimum Gasteiger partial charge on any atom is -0.369 e. The van der Waals surface area contributed by atoms with Crippen molar-refractivity contribution in [1.29, 1.82) is 0 Å². The van der Waals surface area contributed by atoms with Crippen molar-refractivity contribution in [3.8, 4) is 0 Å². The topological polar surface area (TPSA) is 66.5 Å². The van der Waals surface area contributed by atoms with E-state index in [1.807, 2.05) is 0 Å². The minimum atomic E-state index is 0.236. The summed E-state index contributed by atoms with van der Waals surface area (Å²) >= 11 is 5.84. The van der Waals surface area contributed by atoms with Gasteiger partial charge >= 0.3 is 0 Å². The van der Waals surface area contributed by atoms with Gasteiger partial charge in [0.05, 0.1) is 11.6 Å². The average molecular weight is 238 g/mol. The van der Waals surface area contributed by atoms with Gasteiger partial charge in [-0.25, -0.2) is 0 Å². The van der Waals surface area contributed by atoms with Crippen molar-refractivity contribution < 1.29 is 0 Å². The van der Waals surface area contributed by atoms with E-state index in [0.717, 1.165) is 17.7 Å². The van der Waals surface area contributed by atoms with Gasteiger partial charge in [0.25, 0.3) is 0 Å². The lowest BCUT2D eigenvalue weighted by Gasteiger charge is -2.10. The van der Waals surface area contributed by atoms with Crippen molar-refractivity contribution in [3.05, 3.63) is 11.5 Å². The Bertz CT molecular complexity index is 531. The maximum absolute atomic E-state index is 5.84. The van der Waals surface area contributed by atoms with Gasteiger partial charge in [0.15, 0.2) is 5.65 Å². The summed E-state index contributed by atoms with van der Waals surface area (Å²) in [7, 11) is 0. The third-order valence-corrected chi connectivity index (χ3v) is 3.24. The van der Waals surface area contributed by atoms with Crippen molar-refractivity contribution >= 4 is 28.5 Å². The Balaban J connectivity index is 1.92. The molecule has 6 heteroatoms. The Morgan fingerprint density at radius 1 is 1.50 bits per heavy atom. The summed E-state index contributed by atoms with van der Waals surface area (Å²) in [4.78, 5) is 8.24. The van der Waals surface area contributed by atoms with Crippen molar-refractivity contribution in [3.63, 3.8) is 0 Å². The van der Waals surface area contributed by atoms with E-state index < -0.39 is 0 Å². The Kier molecular flexibility index (Phi) is 2.04. The summed E-state index contributed by atoms with van der Waals surface area (Å²) in [6.45, 7) is 3.18. The fourth-order valence-corrected chi connectivity index (χ4v) is 1.80. The number of fused-ring (bicyclic) bond motifs is 1. The second-order valence-electron chi connectivity index (χ2n) is 4.64. The highest BCUT2D eigenvalue weighted by Gasteiger charge is 2.37. The van der Waals surface area contributed by atoms with Gasteiger partial charge in [0.1, 0.15) is 5.82 Å². The number of aromatic amines is 1. The summed E-state index contributed by atoms with van der Waals surface area (Å²) in [6, 6.07) is 0. The zero-order valence-electron chi connectivity index (χ0n) is 8.92. The maximum atomic E-state index is 5.84. The molecule has 16 heavy (non-hydrogen) atoms. The maximum Gasteiger partial charge on any atom is 0.226 e. The summed E-state index contributed by atoms with van der Waals surface area (Å²) in [6.07, 6.45) is 4.25. The smallest absolute Gasteiger partial charge is 0.226 e. The molecule has 0 bridgehead atoms. The first kappa shape index (κ1) is 9.84. The second kappa shape index (κ2) is 3.31. The molecule has 1 fully saturated rings. The van der Waals surface area contributed by atoms with Crippen LogP contribution in [0.4, 0.5) is 5.82 Å². The molecule has 2 heterocycles. The van der Waals surface area contributed by atoms with Crippen LogP contribution >= 0.6 is 11.6 Å². The van der Waals surface area contributed by atoms with Crippen molar-refractivity contribution in [2.45, 2.75) is 19.8 Å². The molecule has 0 saturated heterocycles. The molecule has 5 nitrogen and oxygen atoms in total. The first-order chi connectivity index (χ1) is 7.66. The van der Waals surface area contributed by atoms with E-state index in [2.05, 4.69) is 32.4 Å². The SMILES string of the molecule is CC1(CNc2nc(Cl)nc3[nH]ncc23)CC1. The molecule has 0 amide bonds. The lowest BCUT2D eigenvalue weighted by molar-refractivity contribution is 0.610. The Hall–Kier alpha value is -1.36. The molecule has 1 aliphatic rings. The van der Waals surface area contributed by atoms with Gasteiger partial charge in [-0.2, -0.15) is 15.1 Å². The molecular formula is C10H12ClN5. The van der Waals surface area contributed by atoms with Gasteiger partial charge in [-0.1, -0.05) is 6.92 Å². The number of aromatic nitrogens is 4. The van der Waals surface area contributed by atoms with Crippen LogP contribution in [0.2, 0.25) is 5.28 Å². The number of hydrogen-bond donors (Lipinski definition) is 2. The molecule has 1 saturated carbocycles. The van der Waals surface area contributed by atoms with E-state index in [1.54, 1.807) is 6.20 Å². The van der Waals surface area contributed by atoms with Crippen LogP contribution in [0.3, 0.4) is 0 Å². The van der Waals surface area contributed by atoms with Crippen LogP contribution in [-0.4, -0.2) is 26.7 Å². The Labute approximate surface area is 97.6 Å². The van der Waals surface area contributed by atoms with Gasteiger partial charge in [-0.15, -0.1) is 0 Å². The zero-order chi connectivity index (χ0) is 11.2. The number of H-pyrrole nitrogens is 1. The van der Waals surface area contributed by atoms with E-state index in [0.29, 0.717) is 11.1 Å². The highest BCUT2D eigenvalue weighted by molar-refractivity contribution is 6.28. The molecular weight excluding hydrogens is 226 g/mol. The van der Waals surface area contributed by atoms with E-state index in [-0.39, 0.29) is 5.28 Å². The van der Waals surface area contributed by atoms with E-state index in [9.17, 15) is 0 Å². The molecule has 0 aliphatic heterocycles. The van der Waals surface area contributed by atoms with Gasteiger partial charge in [-0.3, -0.25) is 5.10 Å². The highest BCUT2D eigenvalue weighted by Crippen LogP contribution is 2.44.